The molecule has 2 aliphatic heterocycles. The number of aromatic amines is 2. The lowest BCUT2D eigenvalue weighted by Gasteiger charge is -2.36. The number of aryl methyl sites for hydroxylation is 1. The van der Waals surface area contributed by atoms with E-state index in [2.05, 4.69) is 47.9 Å². The van der Waals surface area contributed by atoms with Crippen LogP contribution in [0.2, 0.25) is 0 Å². The second-order valence-corrected chi connectivity index (χ2v) is 15.6. The number of amides is 2. The number of fused-ring (bicyclic) bond motifs is 6. The SMILES string of the molecule is Cc1cc(CC(=O)N2CC[C@@H](C)[C@@H](c3nc(Cc4cc(CC(=O)N5CC[C@H](C)[C@H](c6ncc7cnc8[nH]ccc8n67)C5)on4)c4cnc5[nH]ccc5n34)C2)on1. The molecule has 2 N–H and O–H groups in total. The molecule has 0 aromatic carbocycles. The van der Waals surface area contributed by atoms with Crippen LogP contribution >= 0.6 is 0 Å². The van der Waals surface area contributed by atoms with Crippen molar-refractivity contribution < 1.29 is 18.6 Å². The number of aromatic nitrogens is 10. The van der Waals surface area contributed by atoms with Gasteiger partial charge in [0.25, 0.3) is 0 Å². The summed E-state index contributed by atoms with van der Waals surface area (Å²) in [5.74, 6) is 3.61. The number of rotatable bonds is 8. The molecular formula is C40H42N12O4. The topological polar surface area (TPSA) is 185 Å². The number of carbonyl (C=O) groups is 2. The zero-order valence-corrected chi connectivity index (χ0v) is 31.5. The van der Waals surface area contributed by atoms with E-state index in [0.29, 0.717) is 55.7 Å². The molecule has 2 amide bonds. The van der Waals surface area contributed by atoms with Crippen LogP contribution < -0.4 is 0 Å². The molecule has 16 heteroatoms. The minimum absolute atomic E-state index is 0.00321. The molecule has 16 nitrogen and oxygen atoms in total. The molecule has 8 aromatic heterocycles. The van der Waals surface area contributed by atoms with Crippen LogP contribution in [0.4, 0.5) is 0 Å². The van der Waals surface area contributed by atoms with Gasteiger partial charge in [0, 0.05) is 69.0 Å². The maximum Gasteiger partial charge on any atom is 0.230 e. The lowest BCUT2D eigenvalue weighted by Crippen LogP contribution is -2.43. The number of H-pyrrole nitrogens is 2. The third-order valence-electron chi connectivity index (χ3n) is 11.9. The van der Waals surface area contributed by atoms with Gasteiger partial charge in [-0.1, -0.05) is 24.2 Å². The van der Waals surface area contributed by atoms with E-state index in [1.165, 1.54) is 0 Å². The predicted molar refractivity (Wildman–Crippen MR) is 204 cm³/mol. The highest BCUT2D eigenvalue weighted by molar-refractivity contribution is 5.80. The van der Waals surface area contributed by atoms with E-state index < -0.39 is 0 Å². The van der Waals surface area contributed by atoms with Crippen molar-refractivity contribution in [1.29, 1.82) is 0 Å². The molecule has 4 atom stereocenters. The summed E-state index contributed by atoms with van der Waals surface area (Å²) in [6, 6.07) is 7.69. The van der Waals surface area contributed by atoms with Crippen LogP contribution in [0.5, 0.6) is 0 Å². The Bertz CT molecular complexity index is 2750. The van der Waals surface area contributed by atoms with Crippen molar-refractivity contribution in [2.75, 3.05) is 26.2 Å². The van der Waals surface area contributed by atoms with Gasteiger partial charge in [0.05, 0.1) is 70.6 Å². The van der Waals surface area contributed by atoms with Crippen molar-refractivity contribution in [3.05, 3.63) is 95.5 Å². The summed E-state index contributed by atoms with van der Waals surface area (Å²) in [4.78, 5) is 56.8. The van der Waals surface area contributed by atoms with Gasteiger partial charge >= 0.3 is 0 Å². The van der Waals surface area contributed by atoms with Crippen molar-refractivity contribution in [3.8, 4) is 0 Å². The van der Waals surface area contributed by atoms with Gasteiger partial charge in [0.2, 0.25) is 11.8 Å². The van der Waals surface area contributed by atoms with Crippen molar-refractivity contribution in [3.63, 3.8) is 0 Å². The van der Waals surface area contributed by atoms with E-state index in [4.69, 9.17) is 24.0 Å². The number of carbonyl (C=O) groups excluding carboxylic acids is 2. The normalized spacial score (nSPS) is 20.6. The van der Waals surface area contributed by atoms with E-state index in [9.17, 15) is 9.59 Å². The third kappa shape index (κ3) is 5.90. The molecular weight excluding hydrogens is 713 g/mol. The molecule has 2 saturated heterocycles. The van der Waals surface area contributed by atoms with Crippen LogP contribution in [0.15, 0.2) is 64.3 Å². The molecule has 0 unspecified atom stereocenters. The molecule has 286 valence electrons. The van der Waals surface area contributed by atoms with Gasteiger partial charge in [-0.2, -0.15) is 0 Å². The summed E-state index contributed by atoms with van der Waals surface area (Å²) < 4.78 is 15.5. The molecule has 2 aliphatic rings. The van der Waals surface area contributed by atoms with Crippen molar-refractivity contribution in [2.24, 2.45) is 11.8 Å². The fourth-order valence-corrected chi connectivity index (χ4v) is 8.77. The monoisotopic (exact) mass is 754 g/mol. The molecule has 0 saturated carbocycles. The number of hydrogen-bond donors (Lipinski definition) is 2. The Hall–Kier alpha value is -6.32. The largest absolute Gasteiger partial charge is 0.361 e. The molecule has 8 aromatic rings. The second kappa shape index (κ2) is 13.5. The maximum absolute atomic E-state index is 13.8. The van der Waals surface area contributed by atoms with Crippen molar-refractivity contribution in [2.45, 2.75) is 64.7 Å². The van der Waals surface area contributed by atoms with Crippen LogP contribution in [-0.2, 0) is 28.9 Å². The third-order valence-corrected chi connectivity index (χ3v) is 11.9. The first-order valence-electron chi connectivity index (χ1n) is 19.3. The van der Waals surface area contributed by atoms with E-state index >= 15 is 0 Å². The molecule has 0 radical (unpaired) electrons. The Morgan fingerprint density at radius 3 is 2.04 bits per heavy atom. The highest BCUT2D eigenvalue weighted by Crippen LogP contribution is 2.36. The molecule has 10 rings (SSSR count). The highest BCUT2D eigenvalue weighted by Gasteiger charge is 2.35. The first-order chi connectivity index (χ1) is 27.3. The number of likely N-dealkylation sites (tertiary alicyclic amines) is 2. The number of nitrogens with zero attached hydrogens (tertiary/aromatic N) is 10. The second-order valence-electron chi connectivity index (χ2n) is 15.6. The van der Waals surface area contributed by atoms with Gasteiger partial charge < -0.3 is 28.8 Å². The Kier molecular flexibility index (Phi) is 8.22. The zero-order valence-electron chi connectivity index (χ0n) is 31.5. The van der Waals surface area contributed by atoms with E-state index in [-0.39, 0.29) is 42.4 Å². The first kappa shape index (κ1) is 34.2. The number of hydrogen-bond acceptors (Lipinski definition) is 10. The van der Waals surface area contributed by atoms with Gasteiger partial charge in [-0.25, -0.2) is 19.9 Å². The number of piperidine rings is 2. The Labute approximate surface area is 320 Å². The number of nitrogens with one attached hydrogen (secondary N) is 2. The summed E-state index contributed by atoms with van der Waals surface area (Å²) in [6.45, 7) is 8.77. The Balaban J connectivity index is 0.878. The average molecular weight is 755 g/mol. The molecule has 10 heterocycles. The molecule has 0 aliphatic carbocycles. The summed E-state index contributed by atoms with van der Waals surface area (Å²) in [5, 5.41) is 8.34. The maximum atomic E-state index is 13.8. The van der Waals surface area contributed by atoms with Gasteiger partial charge in [-0.3, -0.25) is 18.4 Å². The van der Waals surface area contributed by atoms with Crippen molar-refractivity contribution >= 4 is 45.2 Å². The lowest BCUT2D eigenvalue weighted by atomic mass is 9.86. The summed E-state index contributed by atoms with van der Waals surface area (Å²) in [7, 11) is 0. The Morgan fingerprint density at radius 2 is 1.36 bits per heavy atom. The molecule has 0 spiro atoms. The van der Waals surface area contributed by atoms with Crippen LogP contribution in [0.3, 0.4) is 0 Å². The lowest BCUT2D eigenvalue weighted by molar-refractivity contribution is -0.133. The minimum atomic E-state index is -0.0156. The average Bonchev–Trinajstić information content (AvgIpc) is 4.05. The zero-order chi connectivity index (χ0) is 38.1. The number of imidazole rings is 2. The fourth-order valence-electron chi connectivity index (χ4n) is 8.77. The van der Waals surface area contributed by atoms with E-state index in [1.54, 1.807) is 0 Å². The van der Waals surface area contributed by atoms with E-state index in [1.807, 2.05) is 72.0 Å². The quantitative estimate of drug-likeness (QED) is 0.214. The van der Waals surface area contributed by atoms with E-state index in [0.717, 1.165) is 69.2 Å². The standard InChI is InChI=1S/C40H42N12O4/c1-22-6-10-49(20-29(22)39-45-18-26-17-43-37-32(51(26)39)4-8-41-37)36(54)16-28-13-25(48-56-28)14-31-34-19-44-38-33(5-9-42-38)52(34)40(46-31)30-21-50(11-7-23(30)2)35(53)15-27-12-24(3)47-55-27/h4-5,8-9,12-13,17-19,22-23,29-30,41-42H,6-7,10-11,14-16,20-21H2,1-3H3/t22-,23+,29+,30-/m0/s1. The van der Waals surface area contributed by atoms with Crippen LogP contribution in [-0.4, -0.2) is 96.8 Å². The van der Waals surface area contributed by atoms with Crippen molar-refractivity contribution in [1.82, 2.24) is 58.8 Å². The van der Waals surface area contributed by atoms with Gasteiger partial charge in [0.1, 0.15) is 23.2 Å². The van der Waals surface area contributed by atoms with Crippen LogP contribution in [0.25, 0.3) is 33.4 Å². The van der Waals surface area contributed by atoms with Gasteiger partial charge in [-0.05, 0) is 43.7 Å². The first-order valence-corrected chi connectivity index (χ1v) is 19.3. The Morgan fingerprint density at radius 1 is 0.750 bits per heavy atom. The molecule has 2 fully saturated rings. The predicted octanol–water partition coefficient (Wildman–Crippen LogP) is 5.00. The minimum Gasteiger partial charge on any atom is -0.361 e. The molecule has 0 bridgehead atoms. The van der Waals surface area contributed by atoms with Gasteiger partial charge in [-0.15, -0.1) is 0 Å². The summed E-state index contributed by atoms with van der Waals surface area (Å²) in [5.41, 5.74) is 7.50. The van der Waals surface area contributed by atoms with Crippen LogP contribution in [0.1, 0.15) is 78.8 Å². The molecule has 56 heavy (non-hydrogen) atoms. The fraction of sp³-hybridized carbons (Fsp3) is 0.400. The van der Waals surface area contributed by atoms with Gasteiger partial charge in [0.15, 0.2) is 11.3 Å². The summed E-state index contributed by atoms with van der Waals surface area (Å²) >= 11 is 0. The smallest absolute Gasteiger partial charge is 0.230 e. The summed E-state index contributed by atoms with van der Waals surface area (Å²) in [6.07, 6.45) is 11.7. The highest BCUT2D eigenvalue weighted by atomic mass is 16.5. The van der Waals surface area contributed by atoms with Crippen LogP contribution in [0, 0.1) is 18.8 Å².